The molecule has 0 aromatic heterocycles. The third kappa shape index (κ3) is 7.20. The van der Waals surface area contributed by atoms with Gasteiger partial charge in [0.25, 0.3) is 0 Å². The van der Waals surface area contributed by atoms with Crippen LogP contribution in [-0.4, -0.2) is 33.4 Å². The second-order valence-electron chi connectivity index (χ2n) is 6.08. The number of benzene rings is 2. The molecule has 0 aliphatic rings. The number of anilines is 2. The fraction of sp³-hybridized carbons (Fsp3) is 0.300. The Bertz CT molecular complexity index is 926. The average Bonchev–Trinajstić information content (AvgIpc) is 2.70. The zero-order valence-electron chi connectivity index (χ0n) is 16.4. The van der Waals surface area contributed by atoms with Crippen molar-refractivity contribution in [2.45, 2.75) is 31.6 Å². The van der Waals surface area contributed by atoms with Crippen LogP contribution in [0, 0.1) is 0 Å². The van der Waals surface area contributed by atoms with Crippen molar-refractivity contribution in [2.24, 2.45) is 0 Å². The highest BCUT2D eigenvalue weighted by Crippen LogP contribution is 2.16. The van der Waals surface area contributed by atoms with Crippen LogP contribution in [0.25, 0.3) is 0 Å². The van der Waals surface area contributed by atoms with E-state index in [-0.39, 0.29) is 29.7 Å². The van der Waals surface area contributed by atoms with Gasteiger partial charge in [-0.25, -0.2) is 13.1 Å². The van der Waals surface area contributed by atoms with E-state index in [0.717, 1.165) is 0 Å². The zero-order valence-corrected chi connectivity index (χ0v) is 17.2. The predicted octanol–water partition coefficient (Wildman–Crippen LogP) is 2.74. The van der Waals surface area contributed by atoms with Crippen LogP contribution in [-0.2, 0) is 19.6 Å². The molecule has 0 atom stereocenters. The second kappa shape index (κ2) is 10.6. The van der Waals surface area contributed by atoms with Crippen LogP contribution in [0.2, 0.25) is 0 Å². The average molecular weight is 420 g/mol. The maximum absolute atomic E-state index is 12.3. The first-order valence-electron chi connectivity index (χ1n) is 9.26. The first-order chi connectivity index (χ1) is 13.8. The van der Waals surface area contributed by atoms with Crippen molar-refractivity contribution in [3.05, 3.63) is 48.5 Å². The van der Waals surface area contributed by atoms with E-state index < -0.39 is 10.0 Å². The highest BCUT2D eigenvalue weighted by molar-refractivity contribution is 7.89. The van der Waals surface area contributed by atoms with Crippen LogP contribution in [0.3, 0.4) is 0 Å². The van der Waals surface area contributed by atoms with Gasteiger partial charge in [-0.3, -0.25) is 9.59 Å². The minimum atomic E-state index is -3.71. The van der Waals surface area contributed by atoms with Gasteiger partial charge in [0.2, 0.25) is 21.8 Å². The number of amides is 2. The number of carbonyl (C=O) groups is 2. The Labute approximate surface area is 170 Å². The molecule has 0 heterocycles. The molecule has 0 saturated carbocycles. The Kier molecular flexibility index (Phi) is 8.17. The number of sulfonamides is 1. The Morgan fingerprint density at radius 2 is 1.41 bits per heavy atom. The van der Waals surface area contributed by atoms with E-state index in [1.54, 1.807) is 43.3 Å². The standard InChI is InChI=1S/C20H25N3O5S/c1-3-19(24)22-15-5-7-16(8-6-15)23-20(25)13-14-21-29(26,27)18-11-9-17(10-12-18)28-4-2/h5-12,21H,3-4,13-14H2,1-2H3,(H,22,24)(H,23,25). The summed E-state index contributed by atoms with van der Waals surface area (Å²) < 4.78 is 32.2. The number of carbonyl (C=O) groups excluding carboxylic acids is 2. The lowest BCUT2D eigenvalue weighted by atomic mass is 10.2. The van der Waals surface area contributed by atoms with Crippen LogP contribution in [0.1, 0.15) is 26.7 Å². The second-order valence-corrected chi connectivity index (χ2v) is 7.85. The molecule has 0 radical (unpaired) electrons. The minimum Gasteiger partial charge on any atom is -0.494 e. The third-order valence-electron chi connectivity index (χ3n) is 3.86. The van der Waals surface area contributed by atoms with Crippen LogP contribution >= 0.6 is 0 Å². The van der Waals surface area contributed by atoms with E-state index in [2.05, 4.69) is 15.4 Å². The molecule has 0 bridgehead atoms. The summed E-state index contributed by atoms with van der Waals surface area (Å²) in [5.74, 6) is 0.164. The van der Waals surface area contributed by atoms with E-state index in [1.807, 2.05) is 6.92 Å². The molecule has 0 aliphatic heterocycles. The van der Waals surface area contributed by atoms with Gasteiger partial charge in [0.1, 0.15) is 5.75 Å². The first kappa shape index (κ1) is 22.4. The lowest BCUT2D eigenvalue weighted by Gasteiger charge is -2.09. The SMILES string of the molecule is CCOc1ccc(S(=O)(=O)NCCC(=O)Nc2ccc(NC(=O)CC)cc2)cc1. The van der Waals surface area contributed by atoms with Crippen molar-refractivity contribution < 1.29 is 22.7 Å². The summed E-state index contributed by atoms with van der Waals surface area (Å²) in [4.78, 5) is 23.5. The van der Waals surface area contributed by atoms with Crippen molar-refractivity contribution in [3.63, 3.8) is 0 Å². The Hall–Kier alpha value is -2.91. The molecular weight excluding hydrogens is 394 g/mol. The normalized spacial score (nSPS) is 11.0. The molecule has 0 unspecified atom stereocenters. The summed E-state index contributed by atoms with van der Waals surface area (Å²) in [5.41, 5.74) is 1.19. The van der Waals surface area contributed by atoms with Gasteiger partial charge in [0.05, 0.1) is 11.5 Å². The molecule has 3 N–H and O–H groups in total. The summed E-state index contributed by atoms with van der Waals surface area (Å²) in [5, 5.41) is 5.39. The van der Waals surface area contributed by atoms with Crippen LogP contribution in [0.4, 0.5) is 11.4 Å². The molecule has 2 aromatic carbocycles. The molecule has 156 valence electrons. The maximum atomic E-state index is 12.3. The highest BCUT2D eigenvalue weighted by Gasteiger charge is 2.14. The van der Waals surface area contributed by atoms with E-state index in [9.17, 15) is 18.0 Å². The van der Waals surface area contributed by atoms with Crippen LogP contribution in [0.5, 0.6) is 5.75 Å². The minimum absolute atomic E-state index is 0.0232. The van der Waals surface area contributed by atoms with Gasteiger partial charge in [0.15, 0.2) is 0 Å². The van der Waals surface area contributed by atoms with Gasteiger partial charge in [-0.15, -0.1) is 0 Å². The number of nitrogens with one attached hydrogen (secondary N) is 3. The molecule has 8 nitrogen and oxygen atoms in total. The van der Waals surface area contributed by atoms with Gasteiger partial charge in [-0.05, 0) is 55.5 Å². The van der Waals surface area contributed by atoms with Gasteiger partial charge < -0.3 is 15.4 Å². The fourth-order valence-corrected chi connectivity index (χ4v) is 3.41. The summed E-state index contributed by atoms with van der Waals surface area (Å²) in [6.45, 7) is 4.06. The van der Waals surface area contributed by atoms with Crippen molar-refractivity contribution in [1.82, 2.24) is 4.72 Å². The lowest BCUT2D eigenvalue weighted by Crippen LogP contribution is -2.27. The van der Waals surface area contributed by atoms with E-state index in [1.165, 1.54) is 12.1 Å². The van der Waals surface area contributed by atoms with Crippen molar-refractivity contribution in [3.8, 4) is 5.75 Å². The lowest BCUT2D eigenvalue weighted by molar-refractivity contribution is -0.116. The van der Waals surface area contributed by atoms with Gasteiger partial charge in [-0.2, -0.15) is 0 Å². The Balaban J connectivity index is 1.82. The first-order valence-corrected chi connectivity index (χ1v) is 10.7. The monoisotopic (exact) mass is 419 g/mol. The largest absolute Gasteiger partial charge is 0.494 e. The van der Waals surface area contributed by atoms with Gasteiger partial charge in [-0.1, -0.05) is 6.92 Å². The van der Waals surface area contributed by atoms with Gasteiger partial charge in [0, 0.05) is 30.8 Å². The number of rotatable bonds is 10. The van der Waals surface area contributed by atoms with E-state index in [0.29, 0.717) is 30.2 Å². The number of ether oxygens (including phenoxy) is 1. The number of hydrogen-bond acceptors (Lipinski definition) is 5. The molecule has 0 aliphatic carbocycles. The molecule has 2 rings (SSSR count). The van der Waals surface area contributed by atoms with Crippen LogP contribution < -0.4 is 20.1 Å². The zero-order chi connectivity index (χ0) is 21.3. The number of hydrogen-bond donors (Lipinski definition) is 3. The summed E-state index contributed by atoms with van der Waals surface area (Å²) in [6.07, 6.45) is 0.357. The summed E-state index contributed by atoms with van der Waals surface area (Å²) in [6, 6.07) is 12.7. The highest BCUT2D eigenvalue weighted by atomic mass is 32.2. The molecule has 2 aromatic rings. The van der Waals surface area contributed by atoms with Crippen molar-refractivity contribution in [1.29, 1.82) is 0 Å². The molecule has 29 heavy (non-hydrogen) atoms. The van der Waals surface area contributed by atoms with Crippen LogP contribution in [0.15, 0.2) is 53.4 Å². The summed E-state index contributed by atoms with van der Waals surface area (Å²) in [7, 11) is -3.71. The molecule has 9 heteroatoms. The van der Waals surface area contributed by atoms with Crippen molar-refractivity contribution in [2.75, 3.05) is 23.8 Å². The smallest absolute Gasteiger partial charge is 0.240 e. The topological polar surface area (TPSA) is 114 Å². The Morgan fingerprint density at radius 1 is 0.862 bits per heavy atom. The molecule has 0 fully saturated rings. The molecule has 0 spiro atoms. The maximum Gasteiger partial charge on any atom is 0.240 e. The molecule has 0 saturated heterocycles. The predicted molar refractivity (Wildman–Crippen MR) is 111 cm³/mol. The Morgan fingerprint density at radius 3 is 1.93 bits per heavy atom. The molecular formula is C20H25N3O5S. The quantitative estimate of drug-likeness (QED) is 0.548. The van der Waals surface area contributed by atoms with Crippen molar-refractivity contribution >= 4 is 33.2 Å². The summed E-state index contributed by atoms with van der Waals surface area (Å²) >= 11 is 0. The fourth-order valence-electron chi connectivity index (χ4n) is 2.37. The third-order valence-corrected chi connectivity index (χ3v) is 5.34. The van der Waals surface area contributed by atoms with Gasteiger partial charge >= 0.3 is 0 Å². The van der Waals surface area contributed by atoms with E-state index >= 15 is 0 Å². The molecule has 2 amide bonds. The van der Waals surface area contributed by atoms with E-state index in [4.69, 9.17) is 4.74 Å².